The molecule has 0 aromatic carbocycles. The van der Waals surface area contributed by atoms with E-state index in [0.717, 1.165) is 24.0 Å². The molecule has 0 bridgehead atoms. The summed E-state index contributed by atoms with van der Waals surface area (Å²) in [5, 5.41) is 6.85. The average Bonchev–Trinajstić information content (AvgIpc) is 3.34. The van der Waals surface area contributed by atoms with E-state index in [1.165, 1.54) is 17.7 Å². The topological polar surface area (TPSA) is 93.8 Å². The Morgan fingerprint density at radius 1 is 1.27 bits per heavy atom. The number of hydrogen-bond acceptors (Lipinski definition) is 6. The maximum Gasteiger partial charge on any atom is 0.227 e. The van der Waals surface area contributed by atoms with Crippen LogP contribution in [-0.2, 0) is 30.6 Å². The van der Waals surface area contributed by atoms with Gasteiger partial charge in [-0.3, -0.25) is 14.8 Å². The number of carbonyl (C=O) groups is 1. The molecule has 0 saturated heterocycles. The van der Waals surface area contributed by atoms with Crippen molar-refractivity contribution in [2.75, 3.05) is 0 Å². The Morgan fingerprint density at radius 2 is 2.23 bits per heavy atom. The standard InChI is InChI=1S/C19H19N5O2/c25-17(22-11-13-9-14-3-1-5-16(14)21-10-13)6-7-18-23-19(24-26-18)15-4-2-8-20-12-15/h2,4,8-10,12H,1,3,5-7,11H2,(H,22,25). The van der Waals surface area contributed by atoms with Gasteiger partial charge >= 0.3 is 0 Å². The summed E-state index contributed by atoms with van der Waals surface area (Å²) in [5.74, 6) is 0.877. The molecule has 3 aromatic heterocycles. The number of pyridine rings is 2. The van der Waals surface area contributed by atoms with Crippen LogP contribution in [0.25, 0.3) is 11.4 Å². The minimum Gasteiger partial charge on any atom is -0.352 e. The molecule has 0 aliphatic heterocycles. The third-order valence-electron chi connectivity index (χ3n) is 4.42. The molecule has 4 rings (SSSR count). The van der Waals surface area contributed by atoms with Crippen LogP contribution in [0.1, 0.15) is 35.6 Å². The molecule has 0 spiro atoms. The highest BCUT2D eigenvalue weighted by Gasteiger charge is 2.13. The predicted molar refractivity (Wildman–Crippen MR) is 94.0 cm³/mol. The molecule has 26 heavy (non-hydrogen) atoms. The molecule has 1 N–H and O–H groups in total. The molecule has 132 valence electrons. The summed E-state index contributed by atoms with van der Waals surface area (Å²) in [6, 6.07) is 5.82. The molecule has 1 aliphatic carbocycles. The molecule has 3 aromatic rings. The number of nitrogens with zero attached hydrogens (tertiary/aromatic N) is 4. The number of aromatic nitrogens is 4. The largest absolute Gasteiger partial charge is 0.352 e. The molecule has 0 unspecified atom stereocenters. The van der Waals surface area contributed by atoms with Crippen LogP contribution in [0, 0.1) is 0 Å². The van der Waals surface area contributed by atoms with Gasteiger partial charge in [-0.1, -0.05) is 11.2 Å². The van der Waals surface area contributed by atoms with Gasteiger partial charge < -0.3 is 9.84 Å². The van der Waals surface area contributed by atoms with Crippen molar-refractivity contribution >= 4 is 5.91 Å². The van der Waals surface area contributed by atoms with Crippen LogP contribution in [0.5, 0.6) is 0 Å². The molecule has 7 nitrogen and oxygen atoms in total. The lowest BCUT2D eigenvalue weighted by Crippen LogP contribution is -2.23. The Kier molecular flexibility index (Phi) is 4.68. The third kappa shape index (κ3) is 3.77. The van der Waals surface area contributed by atoms with Gasteiger partial charge in [0.05, 0.1) is 0 Å². The zero-order chi connectivity index (χ0) is 17.8. The van der Waals surface area contributed by atoms with Crippen molar-refractivity contribution in [3.8, 4) is 11.4 Å². The fourth-order valence-electron chi connectivity index (χ4n) is 3.05. The normalized spacial score (nSPS) is 12.8. The predicted octanol–water partition coefficient (Wildman–Crippen LogP) is 2.26. The third-order valence-corrected chi connectivity index (χ3v) is 4.42. The molecule has 0 saturated carbocycles. The summed E-state index contributed by atoms with van der Waals surface area (Å²) < 4.78 is 5.20. The van der Waals surface area contributed by atoms with Crippen molar-refractivity contribution < 1.29 is 9.32 Å². The maximum absolute atomic E-state index is 12.1. The van der Waals surface area contributed by atoms with Gasteiger partial charge in [0.1, 0.15) is 0 Å². The van der Waals surface area contributed by atoms with Crippen LogP contribution >= 0.6 is 0 Å². The maximum atomic E-state index is 12.1. The lowest BCUT2D eigenvalue weighted by atomic mass is 10.1. The highest BCUT2D eigenvalue weighted by Crippen LogP contribution is 2.20. The van der Waals surface area contributed by atoms with Crippen LogP contribution in [-0.4, -0.2) is 26.0 Å². The Labute approximate surface area is 150 Å². The Bertz CT molecular complexity index is 907. The Balaban J connectivity index is 1.27. The van der Waals surface area contributed by atoms with Gasteiger partial charge in [-0.2, -0.15) is 4.98 Å². The Morgan fingerprint density at radius 3 is 3.12 bits per heavy atom. The fraction of sp³-hybridized carbons (Fsp3) is 0.316. The van der Waals surface area contributed by atoms with Gasteiger partial charge in [-0.15, -0.1) is 0 Å². The van der Waals surface area contributed by atoms with E-state index in [1.54, 1.807) is 12.4 Å². The lowest BCUT2D eigenvalue weighted by molar-refractivity contribution is -0.121. The van der Waals surface area contributed by atoms with Crippen LogP contribution in [0.4, 0.5) is 0 Å². The second-order valence-electron chi connectivity index (χ2n) is 6.33. The lowest BCUT2D eigenvalue weighted by Gasteiger charge is -2.06. The molecule has 7 heteroatoms. The highest BCUT2D eigenvalue weighted by molar-refractivity contribution is 5.76. The fourth-order valence-corrected chi connectivity index (χ4v) is 3.05. The van der Waals surface area contributed by atoms with Crippen LogP contribution in [0.2, 0.25) is 0 Å². The molecule has 1 amide bonds. The summed E-state index contributed by atoms with van der Waals surface area (Å²) in [4.78, 5) is 24.9. The van der Waals surface area contributed by atoms with Crippen molar-refractivity contribution in [3.63, 3.8) is 0 Å². The molecule has 0 atom stereocenters. The number of amides is 1. The van der Waals surface area contributed by atoms with E-state index in [-0.39, 0.29) is 5.91 Å². The minimum absolute atomic E-state index is 0.0494. The first-order valence-corrected chi connectivity index (χ1v) is 8.74. The second kappa shape index (κ2) is 7.43. The monoisotopic (exact) mass is 349 g/mol. The van der Waals surface area contributed by atoms with Gasteiger partial charge in [-0.25, -0.2) is 0 Å². The van der Waals surface area contributed by atoms with Gasteiger partial charge in [0.2, 0.25) is 17.6 Å². The molecule has 0 radical (unpaired) electrons. The van der Waals surface area contributed by atoms with Gasteiger partial charge in [0.25, 0.3) is 0 Å². The number of rotatable bonds is 6. The zero-order valence-corrected chi connectivity index (χ0v) is 14.3. The summed E-state index contributed by atoms with van der Waals surface area (Å²) in [6.07, 6.45) is 9.23. The number of nitrogens with one attached hydrogen (secondary N) is 1. The van der Waals surface area contributed by atoms with Crippen molar-refractivity contribution in [3.05, 3.63) is 59.5 Å². The van der Waals surface area contributed by atoms with Crippen molar-refractivity contribution in [2.45, 2.75) is 38.6 Å². The Hall–Kier alpha value is -3.09. The minimum atomic E-state index is -0.0494. The van der Waals surface area contributed by atoms with E-state index < -0.39 is 0 Å². The first-order chi connectivity index (χ1) is 12.8. The first-order valence-electron chi connectivity index (χ1n) is 8.74. The van der Waals surface area contributed by atoms with E-state index >= 15 is 0 Å². The van der Waals surface area contributed by atoms with E-state index in [2.05, 4.69) is 31.5 Å². The van der Waals surface area contributed by atoms with Crippen LogP contribution in [0.15, 0.2) is 41.3 Å². The quantitative estimate of drug-likeness (QED) is 0.734. The van der Waals surface area contributed by atoms with E-state index in [0.29, 0.717) is 31.1 Å². The zero-order valence-electron chi connectivity index (χ0n) is 14.3. The molecular weight excluding hydrogens is 330 g/mol. The highest BCUT2D eigenvalue weighted by atomic mass is 16.5. The van der Waals surface area contributed by atoms with E-state index in [1.807, 2.05) is 18.3 Å². The van der Waals surface area contributed by atoms with Gasteiger partial charge in [0.15, 0.2) is 0 Å². The smallest absolute Gasteiger partial charge is 0.227 e. The van der Waals surface area contributed by atoms with Crippen molar-refractivity contribution in [1.82, 2.24) is 25.4 Å². The van der Waals surface area contributed by atoms with Crippen molar-refractivity contribution in [2.24, 2.45) is 0 Å². The number of hydrogen-bond donors (Lipinski definition) is 1. The summed E-state index contributed by atoms with van der Waals surface area (Å²) >= 11 is 0. The molecule has 0 fully saturated rings. The average molecular weight is 349 g/mol. The summed E-state index contributed by atoms with van der Waals surface area (Å²) in [5.41, 5.74) is 4.33. The second-order valence-corrected chi connectivity index (χ2v) is 6.33. The summed E-state index contributed by atoms with van der Waals surface area (Å²) in [7, 11) is 0. The molecule has 3 heterocycles. The number of aryl methyl sites for hydroxylation is 3. The van der Waals surface area contributed by atoms with Crippen LogP contribution < -0.4 is 5.32 Å². The first kappa shape index (κ1) is 16.4. The molecule has 1 aliphatic rings. The SMILES string of the molecule is O=C(CCc1nc(-c2cccnc2)no1)NCc1cnc2c(c1)CCC2. The van der Waals surface area contributed by atoms with E-state index in [9.17, 15) is 4.79 Å². The van der Waals surface area contributed by atoms with Gasteiger partial charge in [0, 0.05) is 49.2 Å². The number of carbonyl (C=O) groups excluding carboxylic acids is 1. The van der Waals surface area contributed by atoms with Crippen LogP contribution in [0.3, 0.4) is 0 Å². The number of fused-ring (bicyclic) bond motifs is 1. The molecular formula is C19H19N5O2. The van der Waals surface area contributed by atoms with Crippen molar-refractivity contribution in [1.29, 1.82) is 0 Å². The van der Waals surface area contributed by atoms with Gasteiger partial charge in [-0.05, 0) is 42.5 Å². The van der Waals surface area contributed by atoms with E-state index in [4.69, 9.17) is 4.52 Å². The summed E-state index contributed by atoms with van der Waals surface area (Å²) in [6.45, 7) is 0.490.